The Bertz CT molecular complexity index is 468. The Balaban J connectivity index is 2.98. The molecule has 18 heavy (non-hydrogen) atoms. The van der Waals surface area contributed by atoms with Crippen LogP contribution in [0.1, 0.15) is 26.7 Å². The van der Waals surface area contributed by atoms with Gasteiger partial charge in [0.25, 0.3) is 5.56 Å². The highest BCUT2D eigenvalue weighted by atomic mass is 16.1. The fraction of sp³-hybridized carbons (Fsp3) is 0.583. The van der Waals surface area contributed by atoms with Gasteiger partial charge in [-0.2, -0.15) is 0 Å². The van der Waals surface area contributed by atoms with Crippen LogP contribution in [0.15, 0.2) is 17.2 Å². The van der Waals surface area contributed by atoms with Crippen LogP contribution >= 0.6 is 0 Å². The third kappa shape index (κ3) is 3.32. The molecule has 0 aromatic carbocycles. The maximum Gasteiger partial charge on any atom is 0.293 e. The molecule has 6 nitrogen and oxygen atoms in total. The molecule has 1 aromatic heterocycles. The second kappa shape index (κ2) is 6.18. The van der Waals surface area contributed by atoms with Crippen molar-refractivity contribution in [1.29, 1.82) is 5.41 Å². The minimum absolute atomic E-state index is 0.0276. The van der Waals surface area contributed by atoms with E-state index in [0.29, 0.717) is 18.8 Å². The van der Waals surface area contributed by atoms with E-state index in [1.807, 2.05) is 13.8 Å². The van der Waals surface area contributed by atoms with Crippen LogP contribution < -0.4 is 16.2 Å². The van der Waals surface area contributed by atoms with Crippen LogP contribution in [0.4, 0.5) is 5.82 Å². The number of hydrogen-bond acceptors (Lipinski definition) is 4. The van der Waals surface area contributed by atoms with Crippen molar-refractivity contribution in [2.45, 2.75) is 39.3 Å². The monoisotopic (exact) mass is 251 g/mol. The number of nitrogens with one attached hydrogen (secondary N) is 1. The summed E-state index contributed by atoms with van der Waals surface area (Å²) in [7, 11) is 1.80. The average Bonchev–Trinajstić information content (AvgIpc) is 2.30. The second-order valence-electron chi connectivity index (χ2n) is 4.44. The van der Waals surface area contributed by atoms with E-state index in [9.17, 15) is 4.79 Å². The molecule has 0 spiro atoms. The second-order valence-corrected chi connectivity index (χ2v) is 4.44. The van der Waals surface area contributed by atoms with E-state index in [4.69, 9.17) is 11.1 Å². The number of hydrogen-bond donors (Lipinski definition) is 2. The van der Waals surface area contributed by atoms with Crippen molar-refractivity contribution in [2.24, 2.45) is 5.73 Å². The predicted molar refractivity (Wildman–Crippen MR) is 73.2 cm³/mol. The summed E-state index contributed by atoms with van der Waals surface area (Å²) >= 11 is 0. The van der Waals surface area contributed by atoms with Crippen LogP contribution in [0.25, 0.3) is 0 Å². The molecule has 0 saturated carbocycles. The van der Waals surface area contributed by atoms with Crippen molar-refractivity contribution in [3.05, 3.63) is 22.7 Å². The van der Waals surface area contributed by atoms with Gasteiger partial charge in [0.1, 0.15) is 0 Å². The predicted octanol–water partition coefficient (Wildman–Crippen LogP) is 0.804. The van der Waals surface area contributed by atoms with Crippen LogP contribution in [0.5, 0.6) is 0 Å². The molecule has 0 radical (unpaired) electrons. The fourth-order valence-electron chi connectivity index (χ4n) is 1.76. The van der Waals surface area contributed by atoms with Gasteiger partial charge < -0.3 is 15.2 Å². The highest BCUT2D eigenvalue weighted by molar-refractivity contribution is 5.77. The minimum Gasteiger partial charge on any atom is -0.388 e. The molecule has 0 fully saturated rings. The number of nitrogens with zero attached hydrogens (tertiary/aromatic N) is 3. The molecule has 0 aliphatic carbocycles. The Morgan fingerprint density at radius 1 is 1.67 bits per heavy atom. The molecule has 0 bridgehead atoms. The molecule has 0 amide bonds. The Morgan fingerprint density at radius 3 is 2.89 bits per heavy atom. The molecule has 1 aromatic rings. The summed E-state index contributed by atoms with van der Waals surface area (Å²) in [6.45, 7) is 4.62. The smallest absolute Gasteiger partial charge is 0.293 e. The lowest BCUT2D eigenvalue weighted by atomic mass is 10.2. The van der Waals surface area contributed by atoms with Crippen molar-refractivity contribution in [1.82, 2.24) is 9.55 Å². The molecule has 6 heteroatoms. The van der Waals surface area contributed by atoms with E-state index in [-0.39, 0.29) is 17.4 Å². The fourth-order valence-corrected chi connectivity index (χ4v) is 1.76. The first kappa shape index (κ1) is 14.2. The topological polar surface area (TPSA) is 88.0 Å². The third-order valence-electron chi connectivity index (χ3n) is 2.87. The highest BCUT2D eigenvalue weighted by Gasteiger charge is 2.16. The SMILES string of the molecule is CCCn1ccnc(N(C)C(C)CC(=N)N)c1=O. The van der Waals surface area contributed by atoms with E-state index in [1.165, 1.54) is 0 Å². The quantitative estimate of drug-likeness (QED) is 0.578. The summed E-state index contributed by atoms with van der Waals surface area (Å²) in [5.41, 5.74) is 5.28. The number of amidine groups is 1. The van der Waals surface area contributed by atoms with Gasteiger partial charge in [0.05, 0.1) is 5.84 Å². The van der Waals surface area contributed by atoms with Crippen molar-refractivity contribution < 1.29 is 0 Å². The van der Waals surface area contributed by atoms with Gasteiger partial charge in [0.15, 0.2) is 5.82 Å². The van der Waals surface area contributed by atoms with E-state index in [2.05, 4.69) is 4.98 Å². The maximum atomic E-state index is 12.2. The zero-order valence-electron chi connectivity index (χ0n) is 11.2. The van der Waals surface area contributed by atoms with Crippen molar-refractivity contribution in [3.8, 4) is 0 Å². The Morgan fingerprint density at radius 2 is 2.33 bits per heavy atom. The van der Waals surface area contributed by atoms with E-state index in [1.54, 1.807) is 28.9 Å². The summed E-state index contributed by atoms with van der Waals surface area (Å²) in [5, 5.41) is 7.29. The molecule has 1 rings (SSSR count). The average molecular weight is 251 g/mol. The summed E-state index contributed by atoms with van der Waals surface area (Å²) in [6.07, 6.45) is 4.64. The van der Waals surface area contributed by atoms with Crippen molar-refractivity contribution in [3.63, 3.8) is 0 Å². The molecule has 0 saturated heterocycles. The number of aryl methyl sites for hydroxylation is 1. The summed E-state index contributed by atoms with van der Waals surface area (Å²) in [5.74, 6) is 0.513. The maximum absolute atomic E-state index is 12.2. The number of nitrogens with two attached hydrogens (primary N) is 1. The third-order valence-corrected chi connectivity index (χ3v) is 2.87. The van der Waals surface area contributed by atoms with Crippen LogP contribution in [0, 0.1) is 5.41 Å². The van der Waals surface area contributed by atoms with Gasteiger partial charge >= 0.3 is 0 Å². The summed E-state index contributed by atoms with van der Waals surface area (Å²) in [4.78, 5) is 18.1. The molecule has 1 unspecified atom stereocenters. The number of anilines is 1. The first-order valence-corrected chi connectivity index (χ1v) is 6.08. The van der Waals surface area contributed by atoms with Crippen LogP contribution in [-0.4, -0.2) is 28.5 Å². The zero-order valence-corrected chi connectivity index (χ0v) is 11.2. The van der Waals surface area contributed by atoms with Crippen LogP contribution in [0.2, 0.25) is 0 Å². The lowest BCUT2D eigenvalue weighted by molar-refractivity contribution is 0.632. The number of rotatable bonds is 6. The number of aromatic nitrogens is 2. The van der Waals surface area contributed by atoms with Gasteiger partial charge in [-0.15, -0.1) is 0 Å². The Hall–Kier alpha value is -1.85. The van der Waals surface area contributed by atoms with Crippen LogP contribution in [-0.2, 0) is 6.54 Å². The largest absolute Gasteiger partial charge is 0.388 e. The Labute approximate surface area is 107 Å². The minimum atomic E-state index is -0.0998. The summed E-state index contributed by atoms with van der Waals surface area (Å²) < 4.78 is 1.65. The zero-order chi connectivity index (χ0) is 13.7. The molecule has 3 N–H and O–H groups in total. The molecule has 0 aliphatic rings. The Kier molecular flexibility index (Phi) is 4.88. The van der Waals surface area contributed by atoms with Gasteiger partial charge in [-0.1, -0.05) is 6.92 Å². The van der Waals surface area contributed by atoms with Crippen molar-refractivity contribution >= 4 is 11.7 Å². The highest BCUT2D eigenvalue weighted by Crippen LogP contribution is 2.08. The van der Waals surface area contributed by atoms with Gasteiger partial charge in [0.2, 0.25) is 0 Å². The summed E-state index contributed by atoms with van der Waals surface area (Å²) in [6, 6.07) is -0.0276. The lowest BCUT2D eigenvalue weighted by Crippen LogP contribution is -2.38. The molecule has 1 heterocycles. The molecule has 100 valence electrons. The van der Waals surface area contributed by atoms with Gasteiger partial charge in [-0.25, -0.2) is 4.98 Å². The van der Waals surface area contributed by atoms with Gasteiger partial charge in [0, 0.05) is 38.4 Å². The van der Waals surface area contributed by atoms with Gasteiger partial charge in [-0.3, -0.25) is 10.2 Å². The van der Waals surface area contributed by atoms with Gasteiger partial charge in [-0.05, 0) is 13.3 Å². The standard InChI is InChI=1S/C12H21N5O/c1-4-6-17-7-5-15-11(12(17)18)16(3)9(2)8-10(13)14/h5,7,9H,4,6,8H2,1-3H3,(H3,13,14). The van der Waals surface area contributed by atoms with E-state index < -0.39 is 0 Å². The van der Waals surface area contributed by atoms with Crippen molar-refractivity contribution in [2.75, 3.05) is 11.9 Å². The van der Waals surface area contributed by atoms with E-state index >= 15 is 0 Å². The lowest BCUT2D eigenvalue weighted by Gasteiger charge is -2.25. The first-order valence-electron chi connectivity index (χ1n) is 6.08. The first-order chi connectivity index (χ1) is 8.47. The van der Waals surface area contributed by atoms with E-state index in [0.717, 1.165) is 6.42 Å². The van der Waals surface area contributed by atoms with Crippen LogP contribution in [0.3, 0.4) is 0 Å². The molecule has 1 atom stereocenters. The normalized spacial score (nSPS) is 12.2. The molecular formula is C12H21N5O. The molecular weight excluding hydrogens is 230 g/mol. The molecule has 0 aliphatic heterocycles.